The summed E-state index contributed by atoms with van der Waals surface area (Å²) in [5.74, 6) is -0.222. The van der Waals surface area contributed by atoms with Gasteiger partial charge in [-0.2, -0.15) is 0 Å². The van der Waals surface area contributed by atoms with E-state index < -0.39 is 6.10 Å². The van der Waals surface area contributed by atoms with Gasteiger partial charge in [0.25, 0.3) is 5.91 Å². The van der Waals surface area contributed by atoms with Gasteiger partial charge in [-0.3, -0.25) is 4.79 Å². The van der Waals surface area contributed by atoms with Crippen LogP contribution in [0.25, 0.3) is 0 Å². The molecule has 0 aromatic rings. The second kappa shape index (κ2) is 7.82. The van der Waals surface area contributed by atoms with Crippen molar-refractivity contribution in [1.82, 2.24) is 5.48 Å². The van der Waals surface area contributed by atoms with E-state index in [1.807, 2.05) is 0 Å². The first-order valence-corrected chi connectivity index (χ1v) is 7.48. The molecule has 5 heteroatoms. The van der Waals surface area contributed by atoms with Crippen LogP contribution in [0.4, 0.5) is 0 Å². The van der Waals surface area contributed by atoms with Crippen molar-refractivity contribution in [3.8, 4) is 0 Å². The number of hydrogen-bond donors (Lipinski definition) is 1. The minimum absolute atomic E-state index is 0.222. The van der Waals surface area contributed by atoms with Gasteiger partial charge in [0.15, 0.2) is 6.29 Å². The van der Waals surface area contributed by atoms with Crippen molar-refractivity contribution < 1.29 is 19.1 Å². The Hall–Kier alpha value is -0.650. The maximum absolute atomic E-state index is 11.8. The van der Waals surface area contributed by atoms with E-state index in [-0.39, 0.29) is 18.3 Å². The predicted octanol–water partition coefficient (Wildman–Crippen LogP) is 2.30. The molecule has 1 saturated heterocycles. The maximum atomic E-state index is 11.8. The Bertz CT molecular complexity index is 273. The van der Waals surface area contributed by atoms with E-state index >= 15 is 0 Å². The van der Waals surface area contributed by atoms with E-state index in [0.29, 0.717) is 6.61 Å². The third-order valence-electron chi connectivity index (χ3n) is 3.75. The van der Waals surface area contributed by atoms with Crippen LogP contribution in [0.3, 0.4) is 0 Å². The summed E-state index contributed by atoms with van der Waals surface area (Å²) in [6, 6.07) is 0. The Labute approximate surface area is 114 Å². The third kappa shape index (κ3) is 5.09. The molecule has 1 saturated carbocycles. The second-order valence-electron chi connectivity index (χ2n) is 5.42. The van der Waals surface area contributed by atoms with Crippen LogP contribution in [-0.4, -0.2) is 31.0 Å². The zero-order chi connectivity index (χ0) is 13.5. The molecule has 1 N–H and O–H groups in total. The van der Waals surface area contributed by atoms with Crippen LogP contribution < -0.4 is 5.48 Å². The third-order valence-corrected chi connectivity index (χ3v) is 3.75. The van der Waals surface area contributed by atoms with Crippen LogP contribution in [0, 0.1) is 0 Å². The number of amides is 1. The fourth-order valence-electron chi connectivity index (χ4n) is 2.56. The van der Waals surface area contributed by atoms with Crippen molar-refractivity contribution in [2.75, 3.05) is 6.61 Å². The summed E-state index contributed by atoms with van der Waals surface area (Å²) in [4.78, 5) is 17.1. The first-order chi connectivity index (χ1) is 9.25. The minimum Gasteiger partial charge on any atom is -0.365 e. The lowest BCUT2D eigenvalue weighted by Crippen LogP contribution is -2.40. The first kappa shape index (κ1) is 14.8. The summed E-state index contributed by atoms with van der Waals surface area (Å²) in [6.45, 7) is 2.48. The lowest BCUT2D eigenvalue weighted by Gasteiger charge is -2.26. The summed E-state index contributed by atoms with van der Waals surface area (Å²) in [7, 11) is 0. The van der Waals surface area contributed by atoms with Gasteiger partial charge in [0.2, 0.25) is 0 Å². The molecule has 0 spiro atoms. The SMILES string of the molecule is C[C@@H](OC1CCCCC1)C(=O)NO[C@H]1CCCCO1. The standard InChI is InChI=1S/C14H25NO4/c1-11(18-12-7-3-2-4-8-12)14(16)15-19-13-9-5-6-10-17-13/h11-13H,2-10H2,1H3,(H,15,16)/t11-,13+/m1/s1. The molecule has 1 amide bonds. The molecule has 19 heavy (non-hydrogen) atoms. The lowest BCUT2D eigenvalue weighted by molar-refractivity contribution is -0.205. The van der Waals surface area contributed by atoms with Gasteiger partial charge in [-0.25, -0.2) is 10.3 Å². The molecular formula is C14H25NO4. The average molecular weight is 271 g/mol. The van der Waals surface area contributed by atoms with Gasteiger partial charge in [0.05, 0.1) is 6.10 Å². The number of nitrogens with one attached hydrogen (secondary N) is 1. The van der Waals surface area contributed by atoms with E-state index in [9.17, 15) is 4.79 Å². The molecule has 0 bridgehead atoms. The number of carbonyl (C=O) groups is 1. The van der Waals surface area contributed by atoms with Crippen LogP contribution in [0.1, 0.15) is 58.3 Å². The largest absolute Gasteiger partial charge is 0.365 e. The van der Waals surface area contributed by atoms with Crippen molar-refractivity contribution in [1.29, 1.82) is 0 Å². The molecular weight excluding hydrogens is 246 g/mol. The van der Waals surface area contributed by atoms with Crippen molar-refractivity contribution in [3.05, 3.63) is 0 Å². The first-order valence-electron chi connectivity index (χ1n) is 7.48. The van der Waals surface area contributed by atoms with Gasteiger partial charge < -0.3 is 9.47 Å². The fourth-order valence-corrected chi connectivity index (χ4v) is 2.56. The van der Waals surface area contributed by atoms with Crippen LogP contribution in [0.5, 0.6) is 0 Å². The summed E-state index contributed by atoms with van der Waals surface area (Å²) in [5.41, 5.74) is 2.45. The van der Waals surface area contributed by atoms with Gasteiger partial charge >= 0.3 is 0 Å². The zero-order valence-electron chi connectivity index (χ0n) is 11.7. The van der Waals surface area contributed by atoms with E-state index in [2.05, 4.69) is 5.48 Å². The molecule has 5 nitrogen and oxygen atoms in total. The average Bonchev–Trinajstić information content (AvgIpc) is 2.47. The number of ether oxygens (including phenoxy) is 2. The molecule has 0 radical (unpaired) electrons. The van der Waals surface area contributed by atoms with E-state index in [4.69, 9.17) is 14.3 Å². The van der Waals surface area contributed by atoms with E-state index in [1.54, 1.807) is 6.92 Å². The number of carbonyl (C=O) groups excluding carboxylic acids is 1. The molecule has 110 valence electrons. The van der Waals surface area contributed by atoms with Gasteiger partial charge in [0, 0.05) is 13.0 Å². The smallest absolute Gasteiger partial charge is 0.272 e. The maximum Gasteiger partial charge on any atom is 0.272 e. The van der Waals surface area contributed by atoms with Gasteiger partial charge in [0.1, 0.15) is 6.10 Å². The van der Waals surface area contributed by atoms with Crippen LogP contribution in [0.2, 0.25) is 0 Å². The van der Waals surface area contributed by atoms with Crippen LogP contribution in [-0.2, 0) is 19.1 Å². The Morgan fingerprint density at radius 2 is 1.89 bits per heavy atom. The summed E-state index contributed by atoms with van der Waals surface area (Å²) in [5, 5.41) is 0. The van der Waals surface area contributed by atoms with Crippen molar-refractivity contribution in [2.24, 2.45) is 0 Å². The molecule has 0 unspecified atom stereocenters. The van der Waals surface area contributed by atoms with Gasteiger partial charge in [-0.05, 0) is 32.6 Å². The highest BCUT2D eigenvalue weighted by Gasteiger charge is 2.22. The van der Waals surface area contributed by atoms with Gasteiger partial charge in [-0.15, -0.1) is 0 Å². The Kier molecular flexibility index (Phi) is 6.07. The highest BCUT2D eigenvalue weighted by atomic mass is 16.8. The van der Waals surface area contributed by atoms with E-state index in [0.717, 1.165) is 32.1 Å². The topological polar surface area (TPSA) is 56.8 Å². The molecule has 0 aromatic carbocycles. The lowest BCUT2D eigenvalue weighted by atomic mass is 9.98. The summed E-state index contributed by atoms with van der Waals surface area (Å²) >= 11 is 0. The molecule has 1 aliphatic heterocycles. The van der Waals surface area contributed by atoms with Crippen molar-refractivity contribution in [3.63, 3.8) is 0 Å². The fraction of sp³-hybridized carbons (Fsp3) is 0.929. The number of hydrogen-bond acceptors (Lipinski definition) is 4. The van der Waals surface area contributed by atoms with Crippen LogP contribution >= 0.6 is 0 Å². The Morgan fingerprint density at radius 3 is 2.58 bits per heavy atom. The predicted molar refractivity (Wildman–Crippen MR) is 70.2 cm³/mol. The Balaban J connectivity index is 1.63. The van der Waals surface area contributed by atoms with E-state index in [1.165, 1.54) is 19.3 Å². The monoisotopic (exact) mass is 271 g/mol. The molecule has 2 aliphatic rings. The summed E-state index contributed by atoms with van der Waals surface area (Å²) in [6.07, 6.45) is 8.22. The highest BCUT2D eigenvalue weighted by Crippen LogP contribution is 2.21. The quantitative estimate of drug-likeness (QED) is 0.780. The normalized spacial score (nSPS) is 26.9. The Morgan fingerprint density at radius 1 is 1.16 bits per heavy atom. The molecule has 0 aromatic heterocycles. The minimum atomic E-state index is -0.466. The van der Waals surface area contributed by atoms with Crippen LogP contribution in [0.15, 0.2) is 0 Å². The number of rotatable bonds is 5. The highest BCUT2D eigenvalue weighted by molar-refractivity contribution is 5.79. The molecule has 2 rings (SSSR count). The number of hydroxylamine groups is 1. The zero-order valence-corrected chi connectivity index (χ0v) is 11.7. The second-order valence-corrected chi connectivity index (χ2v) is 5.42. The molecule has 2 fully saturated rings. The van der Waals surface area contributed by atoms with Crippen molar-refractivity contribution >= 4 is 5.91 Å². The molecule has 1 aliphatic carbocycles. The summed E-state index contributed by atoms with van der Waals surface area (Å²) < 4.78 is 11.1. The molecule has 2 atom stereocenters. The van der Waals surface area contributed by atoms with Gasteiger partial charge in [-0.1, -0.05) is 19.3 Å². The van der Waals surface area contributed by atoms with Crippen molar-refractivity contribution in [2.45, 2.75) is 76.8 Å². The molecule has 1 heterocycles.